The van der Waals surface area contributed by atoms with E-state index in [0.717, 1.165) is 33.8 Å². The highest BCUT2D eigenvalue weighted by Crippen LogP contribution is 2.25. The lowest BCUT2D eigenvalue weighted by Gasteiger charge is -1.93. The number of hydrogen-bond acceptors (Lipinski definition) is 5. The van der Waals surface area contributed by atoms with Crippen LogP contribution in [0.25, 0.3) is 10.6 Å². The highest BCUT2D eigenvalue weighted by molar-refractivity contribution is 9.09. The Bertz CT molecular complexity index is 646. The van der Waals surface area contributed by atoms with Crippen molar-refractivity contribution in [2.75, 3.05) is 5.33 Å². The fraction of sp³-hybridized carbons (Fsp3) is 0.250. The van der Waals surface area contributed by atoms with E-state index in [0.29, 0.717) is 6.54 Å². The quantitative estimate of drug-likeness (QED) is 0.671. The second-order valence-electron chi connectivity index (χ2n) is 4.01. The van der Waals surface area contributed by atoms with Crippen LogP contribution in [0.1, 0.15) is 11.4 Å². The summed E-state index contributed by atoms with van der Waals surface area (Å²) in [5.41, 5.74) is 1.82. The topological polar surface area (TPSA) is 56.7 Å². The Labute approximate surface area is 122 Å². The van der Waals surface area contributed by atoms with Crippen LogP contribution >= 0.6 is 27.3 Å². The maximum Gasteiger partial charge on any atom is 0.177 e. The van der Waals surface area contributed by atoms with Gasteiger partial charge in [0.25, 0.3) is 0 Å². The van der Waals surface area contributed by atoms with Gasteiger partial charge in [-0.2, -0.15) is 0 Å². The standard InChI is InChI=1S/C12H11BrN4OS/c13-4-3-9-7-17(16-14-9)8-10-6-11(18-15-10)12-2-1-5-19-12/h1-2,5-7H,3-4,8H2. The normalized spacial score (nSPS) is 11.0. The first-order chi connectivity index (χ1) is 9.35. The minimum Gasteiger partial charge on any atom is -0.355 e. The fourth-order valence-corrected chi connectivity index (χ4v) is 2.79. The Morgan fingerprint density at radius 1 is 1.37 bits per heavy atom. The van der Waals surface area contributed by atoms with Crippen LogP contribution in [-0.4, -0.2) is 25.5 Å². The first kappa shape index (κ1) is 12.6. The van der Waals surface area contributed by atoms with Gasteiger partial charge in [0.15, 0.2) is 5.76 Å². The molecule has 0 radical (unpaired) electrons. The summed E-state index contributed by atoms with van der Waals surface area (Å²) in [5.74, 6) is 0.797. The van der Waals surface area contributed by atoms with E-state index < -0.39 is 0 Å². The minimum atomic E-state index is 0.574. The zero-order chi connectivity index (χ0) is 13.1. The highest BCUT2D eigenvalue weighted by atomic mass is 79.9. The molecule has 0 spiro atoms. The molecule has 98 valence electrons. The number of rotatable bonds is 5. The molecule has 0 aliphatic rings. The van der Waals surface area contributed by atoms with E-state index in [4.69, 9.17) is 4.52 Å². The van der Waals surface area contributed by atoms with E-state index >= 15 is 0 Å². The van der Waals surface area contributed by atoms with Crippen LogP contribution in [0, 0.1) is 0 Å². The molecule has 0 aliphatic heterocycles. The molecule has 0 aliphatic carbocycles. The summed E-state index contributed by atoms with van der Waals surface area (Å²) in [4.78, 5) is 1.08. The van der Waals surface area contributed by atoms with Crippen molar-refractivity contribution >= 4 is 27.3 Å². The maximum atomic E-state index is 5.33. The van der Waals surface area contributed by atoms with Crippen LogP contribution < -0.4 is 0 Å². The minimum absolute atomic E-state index is 0.574. The zero-order valence-electron chi connectivity index (χ0n) is 9.99. The Kier molecular flexibility index (Phi) is 3.74. The van der Waals surface area contributed by atoms with Gasteiger partial charge in [0.05, 0.1) is 17.1 Å². The lowest BCUT2D eigenvalue weighted by Crippen LogP contribution is -2.00. The van der Waals surface area contributed by atoms with Crippen molar-refractivity contribution in [2.24, 2.45) is 0 Å². The zero-order valence-corrected chi connectivity index (χ0v) is 12.4. The summed E-state index contributed by atoms with van der Waals surface area (Å²) in [6.45, 7) is 0.574. The van der Waals surface area contributed by atoms with E-state index in [9.17, 15) is 0 Å². The Hall–Kier alpha value is -1.47. The van der Waals surface area contributed by atoms with Crippen LogP contribution in [-0.2, 0) is 13.0 Å². The van der Waals surface area contributed by atoms with Gasteiger partial charge in [0.2, 0.25) is 0 Å². The summed E-state index contributed by atoms with van der Waals surface area (Å²) in [5, 5.41) is 15.1. The van der Waals surface area contributed by atoms with Gasteiger partial charge >= 0.3 is 0 Å². The smallest absolute Gasteiger partial charge is 0.177 e. The second kappa shape index (κ2) is 5.66. The van der Waals surface area contributed by atoms with E-state index in [1.54, 1.807) is 16.0 Å². The molecule has 0 fully saturated rings. The first-order valence-electron chi connectivity index (χ1n) is 5.79. The van der Waals surface area contributed by atoms with Crippen molar-refractivity contribution in [3.05, 3.63) is 41.2 Å². The van der Waals surface area contributed by atoms with Crippen molar-refractivity contribution in [1.82, 2.24) is 20.2 Å². The number of aryl methyl sites for hydroxylation is 1. The summed E-state index contributed by atoms with van der Waals surface area (Å²) >= 11 is 5.02. The van der Waals surface area contributed by atoms with Gasteiger partial charge in [-0.05, 0) is 11.4 Å². The number of nitrogens with zero attached hydrogens (tertiary/aromatic N) is 4. The third-order valence-electron chi connectivity index (χ3n) is 2.58. The predicted molar refractivity (Wildman–Crippen MR) is 76.4 cm³/mol. The molecular formula is C12H11BrN4OS. The lowest BCUT2D eigenvalue weighted by atomic mass is 10.3. The molecule has 0 amide bonds. The van der Waals surface area contributed by atoms with Gasteiger partial charge in [0, 0.05) is 24.0 Å². The molecule has 5 nitrogen and oxygen atoms in total. The molecular weight excluding hydrogens is 328 g/mol. The summed E-state index contributed by atoms with van der Waals surface area (Å²) in [7, 11) is 0. The van der Waals surface area contributed by atoms with E-state index in [-0.39, 0.29) is 0 Å². The molecule has 3 rings (SSSR count). The summed E-state index contributed by atoms with van der Waals surface area (Å²) in [6, 6.07) is 5.95. The second-order valence-corrected chi connectivity index (χ2v) is 5.75. The molecule has 0 bridgehead atoms. The van der Waals surface area contributed by atoms with Crippen LogP contribution in [0.4, 0.5) is 0 Å². The van der Waals surface area contributed by atoms with Gasteiger partial charge in [-0.15, -0.1) is 16.4 Å². The molecule has 0 atom stereocenters. The molecule has 0 N–H and O–H groups in total. The van der Waals surface area contributed by atoms with Crippen molar-refractivity contribution < 1.29 is 4.52 Å². The van der Waals surface area contributed by atoms with Crippen molar-refractivity contribution in [3.8, 4) is 10.6 Å². The highest BCUT2D eigenvalue weighted by Gasteiger charge is 2.09. The van der Waals surface area contributed by atoms with E-state index in [1.165, 1.54) is 0 Å². The number of thiophene rings is 1. The average molecular weight is 339 g/mol. The number of hydrogen-bond donors (Lipinski definition) is 0. The predicted octanol–water partition coefficient (Wildman–Crippen LogP) is 2.98. The number of alkyl halides is 1. The summed E-state index contributed by atoms with van der Waals surface area (Å²) < 4.78 is 7.10. The van der Waals surface area contributed by atoms with Crippen LogP contribution in [0.2, 0.25) is 0 Å². The van der Waals surface area contributed by atoms with Gasteiger partial charge in [-0.1, -0.05) is 32.4 Å². The van der Waals surface area contributed by atoms with Gasteiger partial charge in [-0.25, -0.2) is 4.68 Å². The van der Waals surface area contributed by atoms with Gasteiger partial charge < -0.3 is 4.52 Å². The maximum absolute atomic E-state index is 5.33. The van der Waals surface area contributed by atoms with E-state index in [1.807, 2.05) is 29.8 Å². The molecule has 19 heavy (non-hydrogen) atoms. The van der Waals surface area contributed by atoms with Gasteiger partial charge in [0.1, 0.15) is 5.69 Å². The molecule has 7 heteroatoms. The molecule has 0 saturated carbocycles. The third-order valence-corrected chi connectivity index (χ3v) is 3.86. The largest absolute Gasteiger partial charge is 0.355 e. The van der Waals surface area contributed by atoms with Crippen LogP contribution in [0.5, 0.6) is 0 Å². The Balaban J connectivity index is 1.72. The van der Waals surface area contributed by atoms with Crippen molar-refractivity contribution in [1.29, 1.82) is 0 Å². The molecule has 0 unspecified atom stereocenters. The fourth-order valence-electron chi connectivity index (χ4n) is 1.71. The molecule has 0 aromatic carbocycles. The number of halogens is 1. The van der Waals surface area contributed by atoms with Crippen LogP contribution in [0.3, 0.4) is 0 Å². The molecule has 3 aromatic rings. The SMILES string of the molecule is BrCCc1cn(Cc2cc(-c3cccs3)on2)nn1. The van der Waals surface area contributed by atoms with E-state index in [2.05, 4.69) is 31.4 Å². The first-order valence-corrected chi connectivity index (χ1v) is 7.80. The number of aromatic nitrogens is 4. The average Bonchev–Trinajstić information content (AvgIpc) is 3.10. The third kappa shape index (κ3) is 2.93. The Morgan fingerprint density at radius 2 is 2.32 bits per heavy atom. The van der Waals surface area contributed by atoms with Crippen molar-refractivity contribution in [3.63, 3.8) is 0 Å². The Morgan fingerprint density at radius 3 is 3.11 bits per heavy atom. The van der Waals surface area contributed by atoms with Gasteiger partial charge in [-0.3, -0.25) is 0 Å². The molecule has 3 heterocycles. The monoisotopic (exact) mass is 338 g/mol. The molecule has 3 aromatic heterocycles. The lowest BCUT2D eigenvalue weighted by molar-refractivity contribution is 0.419. The van der Waals surface area contributed by atoms with Crippen LogP contribution in [0.15, 0.2) is 34.3 Å². The van der Waals surface area contributed by atoms with Crippen molar-refractivity contribution in [2.45, 2.75) is 13.0 Å². The molecule has 0 saturated heterocycles. The summed E-state index contributed by atoms with van der Waals surface area (Å²) in [6.07, 6.45) is 2.81.